The van der Waals surface area contributed by atoms with E-state index < -0.39 is 60.7 Å². The predicted octanol–water partition coefficient (Wildman–Crippen LogP) is 6.68. The molecule has 12 heteroatoms. The molecule has 0 heterocycles. The molecule has 2 unspecified atom stereocenters. The van der Waals surface area contributed by atoms with Gasteiger partial charge < -0.3 is 13.8 Å². The van der Waals surface area contributed by atoms with Crippen LogP contribution in [0.3, 0.4) is 0 Å². The molecule has 0 radical (unpaired) electrons. The number of para-hydroxylation sites is 1. The van der Waals surface area contributed by atoms with E-state index in [1.165, 1.54) is 24.3 Å². The van der Waals surface area contributed by atoms with Gasteiger partial charge >= 0.3 is 13.7 Å². The first-order valence-electron chi connectivity index (χ1n) is 10.9. The highest BCUT2D eigenvalue weighted by molar-refractivity contribution is 7.52. The minimum Gasteiger partial charge on any atom is -0.462 e. The molecular formula is C23H27F5NO5P. The summed E-state index contributed by atoms with van der Waals surface area (Å²) < 4.78 is 98.6. The molecule has 194 valence electrons. The average Bonchev–Trinajstić information content (AvgIpc) is 2.79. The molecule has 0 aliphatic rings. The van der Waals surface area contributed by atoms with Crippen LogP contribution in [0.1, 0.15) is 47.0 Å². The van der Waals surface area contributed by atoms with Gasteiger partial charge in [0.2, 0.25) is 34.8 Å². The number of rotatable bonds is 12. The fraction of sp³-hybridized carbons (Fsp3) is 0.435. The summed E-state index contributed by atoms with van der Waals surface area (Å²) in [7, 11) is -4.98. The Labute approximate surface area is 200 Å². The second-order valence-corrected chi connectivity index (χ2v) is 9.86. The van der Waals surface area contributed by atoms with Crippen molar-refractivity contribution in [3.05, 3.63) is 59.4 Å². The lowest BCUT2D eigenvalue weighted by atomic mass is 10.0. The largest absolute Gasteiger partial charge is 0.513 e. The minimum absolute atomic E-state index is 0.0281. The fourth-order valence-electron chi connectivity index (χ4n) is 3.09. The van der Waals surface area contributed by atoms with Crippen LogP contribution in [0.25, 0.3) is 0 Å². The van der Waals surface area contributed by atoms with Gasteiger partial charge in [-0.15, -0.1) is 0 Å². The minimum atomic E-state index is -4.98. The summed E-state index contributed by atoms with van der Waals surface area (Å²) in [6.07, 6.45) is 0.796. The number of ether oxygens (including phenoxy) is 1. The summed E-state index contributed by atoms with van der Waals surface area (Å²) in [5.41, 5.74) is 0. The molecule has 1 N–H and O–H groups in total. The SMILES string of the molecule is CCCC(C)OC(=O)C(CC(C)C)N[P@](=O)(Oc1ccccc1)Oc1c(F)c(F)c(F)c(F)c1F. The smallest absolute Gasteiger partial charge is 0.462 e. The molecule has 2 aromatic carbocycles. The van der Waals surface area contributed by atoms with E-state index in [4.69, 9.17) is 13.8 Å². The molecule has 0 aliphatic heterocycles. The number of hydrogen-bond acceptors (Lipinski definition) is 5. The van der Waals surface area contributed by atoms with Gasteiger partial charge in [-0.1, -0.05) is 45.4 Å². The van der Waals surface area contributed by atoms with Gasteiger partial charge in [-0.2, -0.15) is 13.9 Å². The van der Waals surface area contributed by atoms with E-state index in [1.54, 1.807) is 26.8 Å². The quantitative estimate of drug-likeness (QED) is 0.110. The summed E-state index contributed by atoms with van der Waals surface area (Å²) >= 11 is 0. The van der Waals surface area contributed by atoms with Gasteiger partial charge in [0.1, 0.15) is 11.8 Å². The summed E-state index contributed by atoms with van der Waals surface area (Å²) in [4.78, 5) is 12.8. The normalized spacial score (nSPS) is 14.8. The molecule has 35 heavy (non-hydrogen) atoms. The Kier molecular flexibility index (Phi) is 10.1. The molecule has 0 bridgehead atoms. The second-order valence-electron chi connectivity index (χ2n) is 8.24. The van der Waals surface area contributed by atoms with Crippen LogP contribution >= 0.6 is 7.75 Å². The molecule has 3 atom stereocenters. The zero-order chi connectivity index (χ0) is 26.3. The van der Waals surface area contributed by atoms with Crippen molar-refractivity contribution in [2.24, 2.45) is 5.92 Å². The number of hydrogen-bond donors (Lipinski definition) is 1. The maximum Gasteiger partial charge on any atom is 0.513 e. The Morgan fingerprint density at radius 2 is 1.46 bits per heavy atom. The van der Waals surface area contributed by atoms with Crippen LogP contribution in [0.15, 0.2) is 30.3 Å². The van der Waals surface area contributed by atoms with Crippen LogP contribution in [-0.4, -0.2) is 18.1 Å². The predicted molar refractivity (Wildman–Crippen MR) is 118 cm³/mol. The molecule has 0 spiro atoms. The number of halogens is 5. The number of carbonyl (C=O) groups is 1. The van der Waals surface area contributed by atoms with E-state index in [2.05, 4.69) is 5.09 Å². The van der Waals surface area contributed by atoms with Gasteiger partial charge in [0.05, 0.1) is 6.10 Å². The molecule has 2 aromatic rings. The highest BCUT2D eigenvalue weighted by Gasteiger charge is 2.40. The Hall–Kier alpha value is -2.65. The summed E-state index contributed by atoms with van der Waals surface area (Å²) in [5, 5.41) is 2.28. The maximum absolute atomic E-state index is 14.3. The third-order valence-electron chi connectivity index (χ3n) is 4.67. The van der Waals surface area contributed by atoms with Crippen molar-refractivity contribution < 1.29 is 45.1 Å². The lowest BCUT2D eigenvalue weighted by Gasteiger charge is -2.27. The van der Waals surface area contributed by atoms with E-state index in [0.717, 1.165) is 6.42 Å². The molecule has 0 fully saturated rings. The van der Waals surface area contributed by atoms with Crippen LogP contribution in [0.2, 0.25) is 0 Å². The topological polar surface area (TPSA) is 73.9 Å². The van der Waals surface area contributed by atoms with E-state index in [1.807, 2.05) is 6.92 Å². The second kappa shape index (κ2) is 12.4. The van der Waals surface area contributed by atoms with Crippen LogP contribution in [-0.2, 0) is 14.1 Å². The van der Waals surface area contributed by atoms with Gasteiger partial charge in [-0.3, -0.25) is 4.79 Å². The Bertz CT molecular complexity index is 1040. The lowest BCUT2D eigenvalue weighted by Crippen LogP contribution is -2.40. The molecule has 0 saturated carbocycles. The van der Waals surface area contributed by atoms with Crippen LogP contribution in [0.4, 0.5) is 22.0 Å². The molecule has 0 aromatic heterocycles. The van der Waals surface area contributed by atoms with E-state index in [-0.39, 0.29) is 18.1 Å². The first-order chi connectivity index (χ1) is 16.4. The van der Waals surface area contributed by atoms with E-state index in [0.29, 0.717) is 6.42 Å². The Morgan fingerprint density at radius 1 is 0.914 bits per heavy atom. The van der Waals surface area contributed by atoms with E-state index >= 15 is 0 Å². The van der Waals surface area contributed by atoms with Gasteiger partial charge in [-0.05, 0) is 37.8 Å². The van der Waals surface area contributed by atoms with Crippen molar-refractivity contribution in [3.63, 3.8) is 0 Å². The van der Waals surface area contributed by atoms with Crippen LogP contribution < -0.4 is 14.1 Å². The van der Waals surface area contributed by atoms with Crippen molar-refractivity contribution in [2.45, 2.75) is 59.1 Å². The summed E-state index contributed by atoms with van der Waals surface area (Å²) in [6.45, 7) is 7.02. The molecule has 6 nitrogen and oxygen atoms in total. The average molecular weight is 523 g/mol. The first kappa shape index (κ1) is 28.6. The van der Waals surface area contributed by atoms with Crippen LogP contribution in [0, 0.1) is 35.0 Å². The molecular weight excluding hydrogens is 496 g/mol. The summed E-state index contributed by atoms with van der Waals surface area (Å²) in [5.74, 6) is -14.6. The molecule has 0 amide bonds. The molecule has 2 rings (SSSR count). The third kappa shape index (κ3) is 7.67. The van der Waals surface area contributed by atoms with Crippen molar-refractivity contribution in [2.75, 3.05) is 0 Å². The summed E-state index contributed by atoms with van der Waals surface area (Å²) in [6, 6.07) is 5.81. The number of benzene rings is 2. The molecule has 0 saturated heterocycles. The van der Waals surface area contributed by atoms with Gasteiger partial charge in [0.15, 0.2) is 0 Å². The Balaban J connectivity index is 2.49. The number of esters is 1. The van der Waals surface area contributed by atoms with E-state index in [9.17, 15) is 31.3 Å². The zero-order valence-electron chi connectivity index (χ0n) is 19.6. The highest BCUT2D eigenvalue weighted by Crippen LogP contribution is 2.48. The maximum atomic E-state index is 14.3. The van der Waals surface area contributed by atoms with Gasteiger partial charge in [-0.25, -0.2) is 17.7 Å². The molecule has 0 aliphatic carbocycles. The lowest BCUT2D eigenvalue weighted by molar-refractivity contribution is -0.151. The standard InChI is InChI=1S/C23H27F5NO5P/c1-5-9-14(4)32-23(30)16(12-13(2)3)29-35(31,33-15-10-7-6-8-11-15)34-22-20(27)18(25)17(24)19(26)21(22)28/h6-8,10-11,13-14,16H,5,9,12H2,1-4H3,(H,29,31)/t14?,16?,35-/m0/s1. The van der Waals surface area contributed by atoms with Crippen molar-refractivity contribution in [3.8, 4) is 11.5 Å². The third-order valence-corrected chi connectivity index (χ3v) is 6.17. The van der Waals surface area contributed by atoms with Crippen molar-refractivity contribution >= 4 is 13.7 Å². The number of carbonyl (C=O) groups excluding carboxylic acids is 1. The monoisotopic (exact) mass is 523 g/mol. The zero-order valence-corrected chi connectivity index (χ0v) is 20.5. The highest BCUT2D eigenvalue weighted by atomic mass is 31.2. The Morgan fingerprint density at radius 3 is 1.97 bits per heavy atom. The number of nitrogens with one attached hydrogen (secondary N) is 1. The van der Waals surface area contributed by atoms with Crippen LogP contribution in [0.5, 0.6) is 11.5 Å². The van der Waals surface area contributed by atoms with Crippen molar-refractivity contribution in [1.82, 2.24) is 5.09 Å². The first-order valence-corrected chi connectivity index (χ1v) is 12.5. The fourth-order valence-corrected chi connectivity index (χ4v) is 4.62. The van der Waals surface area contributed by atoms with Gasteiger partial charge in [0.25, 0.3) is 0 Å². The van der Waals surface area contributed by atoms with Gasteiger partial charge in [0, 0.05) is 0 Å². The van der Waals surface area contributed by atoms with Crippen molar-refractivity contribution in [1.29, 1.82) is 0 Å².